The van der Waals surface area contributed by atoms with Gasteiger partial charge in [-0.05, 0) is 34.3 Å². The van der Waals surface area contributed by atoms with Gasteiger partial charge in [-0.3, -0.25) is 4.98 Å². The molecule has 1 N–H and O–H groups in total. The number of carbonyl (C=O) groups excluding carboxylic acids is 1. The van der Waals surface area contributed by atoms with E-state index in [4.69, 9.17) is 9.90 Å². The largest absolute Gasteiger partial charge is 0.490 e. The fourth-order valence-electron chi connectivity index (χ4n) is 1.55. The number of thiophene rings is 1. The Balaban J connectivity index is 0.000000480. The van der Waals surface area contributed by atoms with Crippen LogP contribution in [0.3, 0.4) is 0 Å². The van der Waals surface area contributed by atoms with Gasteiger partial charge in [0, 0.05) is 16.9 Å². The standard InChI is InChI=1S/C12H10BrNO4S3.C2HF3O2/c1-18-11(15)9-4-10(12(19-2)20-9)21(16,17)8-3-7(13)5-14-6-8;3-2(4,5)1(6)7/h3-6H,1-2H3;(H,6,7). The Morgan fingerprint density at radius 3 is 2.29 bits per heavy atom. The van der Waals surface area contributed by atoms with Gasteiger partial charge in [0.2, 0.25) is 9.84 Å². The van der Waals surface area contributed by atoms with Crippen molar-refractivity contribution < 1.29 is 41.0 Å². The lowest BCUT2D eigenvalue weighted by Crippen LogP contribution is -2.21. The van der Waals surface area contributed by atoms with Crippen molar-refractivity contribution in [2.45, 2.75) is 20.2 Å². The second kappa shape index (κ2) is 9.71. The van der Waals surface area contributed by atoms with E-state index in [9.17, 15) is 26.4 Å². The molecule has 0 saturated heterocycles. The lowest BCUT2D eigenvalue weighted by atomic mass is 10.5. The second-order valence-corrected chi connectivity index (χ2v) is 9.56. The molecule has 2 rings (SSSR count). The fraction of sp³-hybridized carbons (Fsp3) is 0.214. The van der Waals surface area contributed by atoms with E-state index < -0.39 is 28.0 Å². The quantitative estimate of drug-likeness (QED) is 0.476. The number of nitrogens with zero attached hydrogens (tertiary/aromatic N) is 1. The molecule has 154 valence electrons. The smallest absolute Gasteiger partial charge is 0.475 e. The van der Waals surface area contributed by atoms with Crippen LogP contribution < -0.4 is 0 Å². The number of carbonyl (C=O) groups is 2. The number of alkyl halides is 3. The van der Waals surface area contributed by atoms with Crippen LogP contribution in [0.5, 0.6) is 0 Å². The lowest BCUT2D eigenvalue weighted by molar-refractivity contribution is -0.192. The molecule has 2 heterocycles. The molecule has 0 bridgehead atoms. The Hall–Kier alpha value is -1.64. The molecule has 7 nitrogen and oxygen atoms in total. The zero-order valence-corrected chi connectivity index (χ0v) is 18.0. The van der Waals surface area contributed by atoms with Gasteiger partial charge >= 0.3 is 18.1 Å². The van der Waals surface area contributed by atoms with E-state index in [1.54, 1.807) is 6.26 Å². The summed E-state index contributed by atoms with van der Waals surface area (Å²) < 4.78 is 62.8. The highest BCUT2D eigenvalue weighted by Crippen LogP contribution is 2.37. The van der Waals surface area contributed by atoms with E-state index in [0.717, 1.165) is 11.3 Å². The molecule has 0 saturated carbocycles. The van der Waals surface area contributed by atoms with Crippen molar-refractivity contribution in [3.8, 4) is 0 Å². The first-order chi connectivity index (χ1) is 12.8. The number of hydrogen-bond acceptors (Lipinski definition) is 8. The molecule has 0 atom stereocenters. The predicted octanol–water partition coefficient (Wildman–Crippen LogP) is 3.88. The van der Waals surface area contributed by atoms with Crippen molar-refractivity contribution in [1.82, 2.24) is 4.98 Å². The molecular formula is C14H11BrF3NO6S3. The number of ether oxygens (including phenoxy) is 1. The Kier molecular flexibility index (Phi) is 8.46. The van der Waals surface area contributed by atoms with Crippen LogP contribution in [0.15, 0.2) is 43.0 Å². The highest BCUT2D eigenvalue weighted by Gasteiger charge is 2.38. The summed E-state index contributed by atoms with van der Waals surface area (Å²) in [7, 11) is -2.48. The minimum atomic E-state index is -5.08. The van der Waals surface area contributed by atoms with Crippen molar-refractivity contribution >= 4 is 60.8 Å². The van der Waals surface area contributed by atoms with Crippen LogP contribution in [0, 0.1) is 0 Å². The zero-order valence-electron chi connectivity index (χ0n) is 14.0. The molecule has 0 aliphatic heterocycles. The number of thioether (sulfide) groups is 1. The van der Waals surface area contributed by atoms with Crippen molar-refractivity contribution in [3.05, 3.63) is 33.9 Å². The molecule has 14 heteroatoms. The molecule has 2 aromatic rings. The highest BCUT2D eigenvalue weighted by atomic mass is 79.9. The minimum Gasteiger partial charge on any atom is -0.475 e. The first-order valence-electron chi connectivity index (χ1n) is 6.76. The van der Waals surface area contributed by atoms with Crippen molar-refractivity contribution in [2.24, 2.45) is 0 Å². The summed E-state index contributed by atoms with van der Waals surface area (Å²) in [5.41, 5.74) is 0. The van der Waals surface area contributed by atoms with Crippen LogP contribution in [0.4, 0.5) is 13.2 Å². The number of sulfone groups is 1. The molecule has 28 heavy (non-hydrogen) atoms. The third-order valence-electron chi connectivity index (χ3n) is 2.76. The Bertz CT molecular complexity index is 975. The lowest BCUT2D eigenvalue weighted by Gasteiger charge is -2.04. The maximum absolute atomic E-state index is 12.7. The van der Waals surface area contributed by atoms with Crippen LogP contribution >= 0.6 is 39.0 Å². The van der Waals surface area contributed by atoms with Crippen LogP contribution in [-0.2, 0) is 19.4 Å². The number of rotatable bonds is 4. The van der Waals surface area contributed by atoms with E-state index >= 15 is 0 Å². The normalized spacial score (nSPS) is 11.4. The summed E-state index contributed by atoms with van der Waals surface area (Å²) >= 11 is 5.56. The van der Waals surface area contributed by atoms with E-state index in [1.165, 1.54) is 43.4 Å². The highest BCUT2D eigenvalue weighted by molar-refractivity contribution is 9.10. The number of methoxy groups -OCH3 is 1. The molecule has 0 aliphatic carbocycles. The molecule has 0 fully saturated rings. The van der Waals surface area contributed by atoms with Gasteiger partial charge in [-0.1, -0.05) is 0 Å². The fourth-order valence-corrected chi connectivity index (χ4v) is 5.97. The van der Waals surface area contributed by atoms with E-state index in [2.05, 4.69) is 25.7 Å². The van der Waals surface area contributed by atoms with Crippen LogP contribution in [0.2, 0.25) is 0 Å². The van der Waals surface area contributed by atoms with Crippen molar-refractivity contribution in [1.29, 1.82) is 0 Å². The average Bonchev–Trinajstić information content (AvgIpc) is 3.06. The second-order valence-electron chi connectivity index (χ2n) is 4.60. The molecule has 0 radical (unpaired) electrons. The van der Waals surface area contributed by atoms with E-state index in [1.807, 2.05) is 0 Å². The maximum Gasteiger partial charge on any atom is 0.490 e. The molecule has 0 aromatic carbocycles. The number of carboxylic acid groups (broad SMARTS) is 1. The zero-order chi connectivity index (χ0) is 21.7. The monoisotopic (exact) mass is 521 g/mol. The number of carboxylic acids is 1. The average molecular weight is 522 g/mol. The van der Waals surface area contributed by atoms with Crippen LogP contribution in [0.25, 0.3) is 0 Å². The van der Waals surface area contributed by atoms with Crippen LogP contribution in [-0.4, -0.2) is 50.0 Å². The summed E-state index contributed by atoms with van der Waals surface area (Å²) in [6.45, 7) is 0. The predicted molar refractivity (Wildman–Crippen MR) is 98.5 cm³/mol. The van der Waals surface area contributed by atoms with Gasteiger partial charge in [0.1, 0.15) is 4.88 Å². The van der Waals surface area contributed by atoms with E-state index in [-0.39, 0.29) is 14.7 Å². The van der Waals surface area contributed by atoms with Gasteiger partial charge in [0.25, 0.3) is 0 Å². The number of hydrogen-bond donors (Lipinski definition) is 1. The van der Waals surface area contributed by atoms with Crippen LogP contribution in [0.1, 0.15) is 9.67 Å². The van der Waals surface area contributed by atoms with Gasteiger partial charge in [-0.2, -0.15) is 13.2 Å². The van der Waals surface area contributed by atoms with Gasteiger partial charge in [-0.15, -0.1) is 23.1 Å². The molecule has 0 spiro atoms. The van der Waals surface area contributed by atoms with Gasteiger partial charge in [-0.25, -0.2) is 18.0 Å². The molecular weight excluding hydrogens is 511 g/mol. The van der Waals surface area contributed by atoms with Gasteiger partial charge in [0.15, 0.2) is 0 Å². The van der Waals surface area contributed by atoms with E-state index in [0.29, 0.717) is 8.68 Å². The summed E-state index contributed by atoms with van der Waals surface area (Å²) in [5, 5.41) is 7.12. The number of aliphatic carboxylic acids is 1. The van der Waals surface area contributed by atoms with Gasteiger partial charge in [0.05, 0.1) is 21.1 Å². The Morgan fingerprint density at radius 2 is 1.86 bits per heavy atom. The SMILES string of the molecule is COC(=O)c1cc(S(=O)(=O)c2cncc(Br)c2)c(SC)s1.O=C(O)C(F)(F)F. The number of halogens is 4. The summed E-state index contributed by atoms with van der Waals surface area (Å²) in [6.07, 6.45) is -0.549. The molecule has 0 aliphatic rings. The third kappa shape index (κ3) is 6.18. The minimum absolute atomic E-state index is 0.0707. The Morgan fingerprint density at radius 1 is 1.29 bits per heavy atom. The number of aromatic nitrogens is 1. The maximum atomic E-state index is 12.7. The molecule has 0 unspecified atom stereocenters. The first-order valence-corrected chi connectivity index (χ1v) is 11.1. The van der Waals surface area contributed by atoms with Gasteiger partial charge < -0.3 is 9.84 Å². The molecule has 2 aromatic heterocycles. The molecule has 0 amide bonds. The topological polar surface area (TPSA) is 111 Å². The summed E-state index contributed by atoms with van der Waals surface area (Å²) in [4.78, 5) is 24.8. The number of esters is 1. The van der Waals surface area contributed by atoms with Crippen molar-refractivity contribution in [3.63, 3.8) is 0 Å². The summed E-state index contributed by atoms with van der Waals surface area (Å²) in [6, 6.07) is 2.82. The third-order valence-corrected chi connectivity index (χ3v) is 7.45. The van der Waals surface area contributed by atoms with Crippen molar-refractivity contribution in [2.75, 3.05) is 13.4 Å². The Labute approximate surface area is 174 Å². The number of pyridine rings is 1. The summed E-state index contributed by atoms with van der Waals surface area (Å²) in [5.74, 6) is -3.31. The first kappa shape index (κ1) is 24.4.